The minimum absolute atomic E-state index is 0.120. The van der Waals surface area contributed by atoms with E-state index in [1.54, 1.807) is 0 Å². The van der Waals surface area contributed by atoms with Gasteiger partial charge < -0.3 is 9.63 Å². The van der Waals surface area contributed by atoms with Gasteiger partial charge in [0.25, 0.3) is 5.69 Å². The molecule has 0 aliphatic rings. The fourth-order valence-corrected chi connectivity index (χ4v) is 1.36. The maximum Gasteiger partial charge on any atom is 0.309 e. The van der Waals surface area contributed by atoms with E-state index in [2.05, 4.69) is 5.16 Å². The van der Waals surface area contributed by atoms with Crippen LogP contribution in [0.3, 0.4) is 0 Å². The normalized spacial score (nSPS) is 10.5. The molecule has 0 aliphatic heterocycles. The number of hydrogen-bond acceptors (Lipinski definition) is 5. The molecule has 2 rings (SSSR count). The summed E-state index contributed by atoms with van der Waals surface area (Å²) in [4.78, 5) is 20.4. The topological polar surface area (TPSA) is 106 Å². The molecule has 0 aliphatic carbocycles. The molecule has 1 aromatic carbocycles. The number of benzene rings is 1. The van der Waals surface area contributed by atoms with Crippen LogP contribution in [0.2, 0.25) is 0 Å². The second-order valence-corrected chi connectivity index (χ2v) is 3.14. The average Bonchev–Trinajstić information content (AvgIpc) is 2.60. The molecule has 7 nitrogen and oxygen atoms in total. The molecule has 16 heavy (non-hydrogen) atoms. The van der Waals surface area contributed by atoms with Crippen molar-refractivity contribution in [1.29, 1.82) is 0 Å². The van der Waals surface area contributed by atoms with E-state index in [1.165, 1.54) is 18.2 Å². The molecular weight excluding hydrogens is 216 g/mol. The van der Waals surface area contributed by atoms with Crippen molar-refractivity contribution in [2.24, 2.45) is 0 Å². The predicted molar refractivity (Wildman–Crippen MR) is 52.0 cm³/mol. The van der Waals surface area contributed by atoms with E-state index in [0.29, 0.717) is 5.39 Å². The Hall–Kier alpha value is -2.44. The van der Waals surface area contributed by atoms with Gasteiger partial charge in [-0.1, -0.05) is 5.16 Å². The lowest BCUT2D eigenvalue weighted by Crippen LogP contribution is -2.00. The summed E-state index contributed by atoms with van der Waals surface area (Å²) in [5.41, 5.74) is 0.355. The van der Waals surface area contributed by atoms with E-state index in [9.17, 15) is 14.9 Å². The molecule has 0 amide bonds. The number of nitrogens with zero attached hydrogens (tertiary/aromatic N) is 2. The van der Waals surface area contributed by atoms with E-state index in [4.69, 9.17) is 9.63 Å². The van der Waals surface area contributed by atoms with Crippen molar-refractivity contribution in [2.75, 3.05) is 0 Å². The molecule has 0 spiro atoms. The van der Waals surface area contributed by atoms with Crippen LogP contribution in [0.1, 0.15) is 5.69 Å². The lowest BCUT2D eigenvalue weighted by Gasteiger charge is -1.91. The second kappa shape index (κ2) is 3.61. The molecule has 1 heterocycles. The van der Waals surface area contributed by atoms with Gasteiger partial charge >= 0.3 is 5.97 Å². The fraction of sp³-hybridized carbons (Fsp3) is 0.111. The van der Waals surface area contributed by atoms with E-state index in [1.807, 2.05) is 0 Å². The number of nitro benzene ring substituents is 1. The molecule has 0 saturated carbocycles. The summed E-state index contributed by atoms with van der Waals surface area (Å²) < 4.78 is 4.82. The number of carboxylic acids is 1. The minimum atomic E-state index is -1.03. The number of aromatic nitrogens is 1. The summed E-state index contributed by atoms with van der Waals surface area (Å²) >= 11 is 0. The maximum absolute atomic E-state index is 10.5. The Kier molecular flexibility index (Phi) is 2.28. The smallest absolute Gasteiger partial charge is 0.309 e. The summed E-state index contributed by atoms with van der Waals surface area (Å²) in [6.45, 7) is 0. The molecule has 7 heteroatoms. The molecule has 0 saturated heterocycles. The van der Waals surface area contributed by atoms with Gasteiger partial charge in [0, 0.05) is 11.5 Å². The van der Waals surface area contributed by atoms with Crippen LogP contribution in [0.4, 0.5) is 5.69 Å². The Morgan fingerprint density at radius 3 is 2.94 bits per heavy atom. The lowest BCUT2D eigenvalue weighted by atomic mass is 10.1. The van der Waals surface area contributed by atoms with Crippen LogP contribution in [0.5, 0.6) is 0 Å². The third kappa shape index (κ3) is 1.70. The van der Waals surface area contributed by atoms with Gasteiger partial charge in [0.2, 0.25) is 0 Å². The first-order valence-corrected chi connectivity index (χ1v) is 4.32. The number of aliphatic carboxylic acids is 1. The highest BCUT2D eigenvalue weighted by Gasteiger charge is 2.14. The van der Waals surface area contributed by atoms with Crippen molar-refractivity contribution in [3.63, 3.8) is 0 Å². The van der Waals surface area contributed by atoms with Crippen molar-refractivity contribution in [3.05, 3.63) is 34.0 Å². The first kappa shape index (κ1) is 10.1. The van der Waals surface area contributed by atoms with E-state index in [-0.39, 0.29) is 23.4 Å². The number of carboxylic acid groups (broad SMARTS) is 1. The third-order valence-corrected chi connectivity index (χ3v) is 2.06. The van der Waals surface area contributed by atoms with Crippen molar-refractivity contribution in [3.8, 4) is 0 Å². The molecule has 0 unspecified atom stereocenters. The van der Waals surface area contributed by atoms with Gasteiger partial charge in [-0.05, 0) is 6.07 Å². The van der Waals surface area contributed by atoms with Crippen LogP contribution in [-0.2, 0) is 11.2 Å². The van der Waals surface area contributed by atoms with Crippen molar-refractivity contribution in [2.45, 2.75) is 6.42 Å². The quantitative estimate of drug-likeness (QED) is 0.620. The van der Waals surface area contributed by atoms with Gasteiger partial charge in [0.15, 0.2) is 5.58 Å². The number of fused-ring (bicyclic) bond motifs is 1. The first-order valence-electron chi connectivity index (χ1n) is 4.32. The summed E-state index contributed by atoms with van der Waals surface area (Å²) in [5.74, 6) is -1.03. The maximum atomic E-state index is 10.5. The van der Waals surface area contributed by atoms with E-state index < -0.39 is 10.9 Å². The molecule has 0 atom stereocenters. The first-order chi connectivity index (χ1) is 7.58. The molecule has 82 valence electrons. The van der Waals surface area contributed by atoms with Crippen molar-refractivity contribution < 1.29 is 19.3 Å². The highest BCUT2D eigenvalue weighted by molar-refractivity contribution is 5.85. The van der Waals surface area contributed by atoms with E-state index >= 15 is 0 Å². The van der Waals surface area contributed by atoms with Crippen LogP contribution in [0.25, 0.3) is 11.0 Å². The molecule has 1 aromatic heterocycles. The fourth-order valence-electron chi connectivity index (χ4n) is 1.36. The standard InChI is InChI=1S/C9H6N2O5/c12-9(13)4-7-6-2-1-5(11(14)15)3-8(6)16-10-7/h1-3H,4H2,(H,12,13). The molecule has 0 radical (unpaired) electrons. The van der Waals surface area contributed by atoms with Gasteiger partial charge in [-0.3, -0.25) is 14.9 Å². The van der Waals surface area contributed by atoms with Gasteiger partial charge in [-0.2, -0.15) is 0 Å². The highest BCUT2D eigenvalue weighted by Crippen LogP contribution is 2.23. The zero-order valence-electron chi connectivity index (χ0n) is 7.91. The monoisotopic (exact) mass is 222 g/mol. The van der Waals surface area contributed by atoms with Crippen LogP contribution in [0, 0.1) is 10.1 Å². The van der Waals surface area contributed by atoms with Crippen LogP contribution < -0.4 is 0 Å². The molecule has 0 bridgehead atoms. The van der Waals surface area contributed by atoms with Gasteiger partial charge in [0.05, 0.1) is 17.4 Å². The van der Waals surface area contributed by atoms with E-state index in [0.717, 1.165) is 0 Å². The lowest BCUT2D eigenvalue weighted by molar-refractivity contribution is -0.384. The zero-order chi connectivity index (χ0) is 11.7. The van der Waals surface area contributed by atoms with Crippen LogP contribution in [0.15, 0.2) is 22.7 Å². The van der Waals surface area contributed by atoms with Crippen LogP contribution >= 0.6 is 0 Å². The zero-order valence-corrected chi connectivity index (χ0v) is 7.91. The third-order valence-electron chi connectivity index (χ3n) is 2.06. The summed E-state index contributed by atoms with van der Waals surface area (Å²) in [5, 5.41) is 23.1. The van der Waals surface area contributed by atoms with Gasteiger partial charge in [-0.15, -0.1) is 0 Å². The van der Waals surface area contributed by atoms with Crippen molar-refractivity contribution >= 4 is 22.6 Å². The Morgan fingerprint density at radius 1 is 1.56 bits per heavy atom. The SMILES string of the molecule is O=C(O)Cc1noc2cc([N+](=O)[O-])ccc12. The summed E-state index contributed by atoms with van der Waals surface area (Å²) in [6, 6.07) is 3.93. The number of non-ortho nitro benzene ring substituents is 1. The Morgan fingerprint density at radius 2 is 2.31 bits per heavy atom. The number of nitro groups is 1. The highest BCUT2D eigenvalue weighted by atomic mass is 16.6. The molecule has 0 fully saturated rings. The minimum Gasteiger partial charge on any atom is -0.481 e. The molecular formula is C9H6N2O5. The van der Waals surface area contributed by atoms with Gasteiger partial charge in [0.1, 0.15) is 5.69 Å². The Balaban J connectivity index is 2.50. The van der Waals surface area contributed by atoms with Crippen LogP contribution in [-0.4, -0.2) is 21.2 Å². The number of hydrogen-bond donors (Lipinski definition) is 1. The average molecular weight is 222 g/mol. The van der Waals surface area contributed by atoms with Crippen molar-refractivity contribution in [1.82, 2.24) is 5.16 Å². The number of rotatable bonds is 3. The molecule has 2 aromatic rings. The molecule has 1 N–H and O–H groups in total. The largest absolute Gasteiger partial charge is 0.481 e. The second-order valence-electron chi connectivity index (χ2n) is 3.14. The van der Waals surface area contributed by atoms with Gasteiger partial charge in [-0.25, -0.2) is 0 Å². The Bertz CT molecular complexity index is 574. The summed E-state index contributed by atoms with van der Waals surface area (Å²) in [7, 11) is 0. The summed E-state index contributed by atoms with van der Waals surface area (Å²) in [6.07, 6.45) is -0.273. The number of carbonyl (C=O) groups is 1. The Labute approximate surface area is 88.4 Å². The predicted octanol–water partition coefficient (Wildman–Crippen LogP) is 1.36.